The molecule has 2 aromatic carbocycles. The van der Waals surface area contributed by atoms with Gasteiger partial charge in [-0.25, -0.2) is 0 Å². The largest absolute Gasteiger partial charge is 0.493 e. The van der Waals surface area contributed by atoms with E-state index in [9.17, 15) is 23.2 Å². The van der Waals surface area contributed by atoms with Gasteiger partial charge in [0.05, 0.1) is 19.3 Å². The van der Waals surface area contributed by atoms with Crippen LogP contribution in [-0.2, 0) is 17.4 Å². The molecule has 0 unspecified atom stereocenters. The normalized spacial score (nSPS) is 11.4. The van der Waals surface area contributed by atoms with E-state index in [1.54, 1.807) is 24.3 Å². The summed E-state index contributed by atoms with van der Waals surface area (Å²) in [6.45, 7) is 5.96. The molecule has 162 valence electrons. The van der Waals surface area contributed by atoms with Gasteiger partial charge < -0.3 is 14.8 Å². The van der Waals surface area contributed by atoms with E-state index in [0.29, 0.717) is 30.1 Å². The number of allylic oxidation sites excluding steroid dienone is 1. The topological polar surface area (TPSA) is 71.4 Å². The summed E-state index contributed by atoms with van der Waals surface area (Å²) >= 11 is 0. The van der Waals surface area contributed by atoms with Crippen molar-refractivity contribution in [1.29, 1.82) is 5.26 Å². The van der Waals surface area contributed by atoms with Crippen LogP contribution >= 0.6 is 0 Å². The Balaban J connectivity index is 2.38. The Morgan fingerprint density at radius 3 is 2.61 bits per heavy atom. The number of carbonyl (C=O) groups is 1. The molecule has 0 aliphatic heterocycles. The van der Waals surface area contributed by atoms with Crippen LogP contribution in [0.1, 0.15) is 23.6 Å². The number of nitrogens with zero attached hydrogens (tertiary/aromatic N) is 1. The van der Waals surface area contributed by atoms with Gasteiger partial charge in [-0.3, -0.25) is 4.79 Å². The first-order valence-corrected chi connectivity index (χ1v) is 9.28. The van der Waals surface area contributed by atoms with E-state index in [2.05, 4.69) is 11.9 Å². The summed E-state index contributed by atoms with van der Waals surface area (Å²) < 4.78 is 49.6. The minimum Gasteiger partial charge on any atom is -0.493 e. The Bertz CT molecular complexity index is 1040. The SMILES string of the molecule is C=CCc1cc(/C=C(\C#N)C(=O)Nc2cccc(C(F)(F)F)c2)cc(OC)c1OCC. The Hall–Kier alpha value is -3.73. The molecule has 8 heteroatoms. The minimum atomic E-state index is -4.55. The number of hydrogen-bond donors (Lipinski definition) is 1. The molecule has 31 heavy (non-hydrogen) atoms. The van der Waals surface area contributed by atoms with Gasteiger partial charge in [0.25, 0.3) is 5.91 Å². The number of anilines is 1. The van der Waals surface area contributed by atoms with Gasteiger partial charge in [0.2, 0.25) is 0 Å². The lowest BCUT2D eigenvalue weighted by atomic mass is 10.0. The van der Waals surface area contributed by atoms with E-state index >= 15 is 0 Å². The van der Waals surface area contributed by atoms with Crippen LogP contribution in [0.15, 0.2) is 54.6 Å². The molecular weight excluding hydrogens is 409 g/mol. The molecule has 0 aliphatic carbocycles. The number of rotatable bonds is 8. The molecule has 0 atom stereocenters. The molecule has 0 radical (unpaired) electrons. The van der Waals surface area contributed by atoms with Crippen LogP contribution in [0.2, 0.25) is 0 Å². The number of benzene rings is 2. The molecule has 5 nitrogen and oxygen atoms in total. The third kappa shape index (κ3) is 6.12. The van der Waals surface area contributed by atoms with Crippen molar-refractivity contribution < 1.29 is 27.4 Å². The fourth-order valence-corrected chi connectivity index (χ4v) is 2.82. The number of alkyl halides is 3. The third-order valence-electron chi connectivity index (χ3n) is 4.15. The molecule has 0 saturated carbocycles. The van der Waals surface area contributed by atoms with Crippen molar-refractivity contribution in [3.05, 3.63) is 71.3 Å². The van der Waals surface area contributed by atoms with Gasteiger partial charge >= 0.3 is 6.18 Å². The summed E-state index contributed by atoms with van der Waals surface area (Å²) in [5, 5.41) is 11.8. The van der Waals surface area contributed by atoms with Crippen LogP contribution in [0, 0.1) is 11.3 Å². The number of nitriles is 1. The Morgan fingerprint density at radius 1 is 1.29 bits per heavy atom. The highest BCUT2D eigenvalue weighted by Crippen LogP contribution is 2.34. The lowest BCUT2D eigenvalue weighted by molar-refractivity contribution is -0.137. The molecule has 1 N–H and O–H groups in total. The van der Waals surface area contributed by atoms with Gasteiger partial charge in [-0.15, -0.1) is 6.58 Å². The van der Waals surface area contributed by atoms with Crippen LogP contribution in [-0.4, -0.2) is 19.6 Å². The number of amides is 1. The summed E-state index contributed by atoms with van der Waals surface area (Å²) in [6, 6.07) is 9.29. The Morgan fingerprint density at radius 2 is 2.03 bits per heavy atom. The van der Waals surface area contributed by atoms with Gasteiger partial charge in [0.15, 0.2) is 11.5 Å². The second-order valence-electron chi connectivity index (χ2n) is 6.34. The maximum Gasteiger partial charge on any atom is 0.416 e. The van der Waals surface area contributed by atoms with Crippen LogP contribution in [0.25, 0.3) is 6.08 Å². The monoisotopic (exact) mass is 430 g/mol. The summed E-state index contributed by atoms with van der Waals surface area (Å²) in [4.78, 5) is 12.5. The second kappa shape index (κ2) is 10.3. The molecule has 0 spiro atoms. The van der Waals surface area contributed by atoms with Crippen molar-refractivity contribution in [3.8, 4) is 17.6 Å². The van der Waals surface area contributed by atoms with Gasteiger partial charge in [-0.1, -0.05) is 12.1 Å². The van der Waals surface area contributed by atoms with Crippen LogP contribution in [0.4, 0.5) is 18.9 Å². The van der Waals surface area contributed by atoms with Crippen molar-refractivity contribution >= 4 is 17.7 Å². The van der Waals surface area contributed by atoms with E-state index in [1.165, 1.54) is 25.3 Å². The maximum atomic E-state index is 12.9. The molecule has 2 rings (SSSR count). The number of nitrogens with one attached hydrogen (secondary N) is 1. The number of methoxy groups -OCH3 is 1. The van der Waals surface area contributed by atoms with Gasteiger partial charge in [0.1, 0.15) is 11.6 Å². The van der Waals surface area contributed by atoms with E-state index in [4.69, 9.17) is 9.47 Å². The van der Waals surface area contributed by atoms with Crippen molar-refractivity contribution in [2.45, 2.75) is 19.5 Å². The third-order valence-corrected chi connectivity index (χ3v) is 4.15. The number of ether oxygens (including phenoxy) is 2. The highest BCUT2D eigenvalue weighted by Gasteiger charge is 2.30. The first kappa shape index (κ1) is 23.5. The summed E-state index contributed by atoms with van der Waals surface area (Å²) in [7, 11) is 1.47. The molecule has 0 aliphatic rings. The van der Waals surface area contributed by atoms with Crippen molar-refractivity contribution in [2.24, 2.45) is 0 Å². The molecule has 0 aromatic heterocycles. The lowest BCUT2D eigenvalue weighted by Gasteiger charge is -2.15. The van der Waals surface area contributed by atoms with E-state index in [1.807, 2.05) is 6.92 Å². The van der Waals surface area contributed by atoms with Crippen LogP contribution in [0.5, 0.6) is 11.5 Å². The average Bonchev–Trinajstić information content (AvgIpc) is 2.73. The lowest BCUT2D eigenvalue weighted by Crippen LogP contribution is -2.14. The zero-order valence-corrected chi connectivity index (χ0v) is 17.0. The number of hydrogen-bond acceptors (Lipinski definition) is 4. The first-order valence-electron chi connectivity index (χ1n) is 9.28. The fraction of sp³-hybridized carbons (Fsp3) is 0.217. The Labute approximate surface area is 178 Å². The average molecular weight is 430 g/mol. The predicted octanol–water partition coefficient (Wildman–Crippen LogP) is 5.39. The quantitative estimate of drug-likeness (QED) is 0.346. The zero-order valence-electron chi connectivity index (χ0n) is 17.0. The molecule has 0 bridgehead atoms. The van der Waals surface area contributed by atoms with E-state index in [0.717, 1.165) is 17.7 Å². The van der Waals surface area contributed by atoms with E-state index < -0.39 is 17.6 Å². The Kier molecular flexibility index (Phi) is 7.86. The molecule has 0 fully saturated rings. The van der Waals surface area contributed by atoms with Crippen molar-refractivity contribution in [2.75, 3.05) is 19.0 Å². The van der Waals surface area contributed by atoms with Gasteiger partial charge in [-0.05, 0) is 55.3 Å². The summed E-state index contributed by atoms with van der Waals surface area (Å²) in [5.74, 6) is 0.122. The molecule has 0 heterocycles. The summed E-state index contributed by atoms with van der Waals surface area (Å²) in [5.41, 5.74) is -0.0187. The van der Waals surface area contributed by atoms with Crippen LogP contribution < -0.4 is 14.8 Å². The van der Waals surface area contributed by atoms with Crippen LogP contribution in [0.3, 0.4) is 0 Å². The van der Waals surface area contributed by atoms with Gasteiger partial charge in [-0.2, -0.15) is 18.4 Å². The molecule has 0 saturated heterocycles. The van der Waals surface area contributed by atoms with Gasteiger partial charge in [0, 0.05) is 11.3 Å². The number of halogens is 3. The van der Waals surface area contributed by atoms with E-state index in [-0.39, 0.29) is 11.3 Å². The fourth-order valence-electron chi connectivity index (χ4n) is 2.82. The molecule has 1 amide bonds. The summed E-state index contributed by atoms with van der Waals surface area (Å²) in [6.07, 6.45) is -1.08. The standard InChI is InChI=1S/C23H21F3N2O3/c1-4-7-16-10-15(12-20(30-3)21(16)31-5-2)11-17(14-27)22(29)28-19-9-6-8-18(13-19)23(24,25)26/h4,6,8-13H,1,5,7H2,2-3H3,(H,28,29)/b17-11+. The minimum absolute atomic E-state index is 0.0717. The first-order chi connectivity index (χ1) is 14.7. The molecular formula is C23H21F3N2O3. The molecule has 2 aromatic rings. The zero-order chi connectivity index (χ0) is 23.0. The van der Waals surface area contributed by atoms with Crippen molar-refractivity contribution in [3.63, 3.8) is 0 Å². The number of carbonyl (C=O) groups excluding carboxylic acids is 1. The maximum absolute atomic E-state index is 12.9. The second-order valence-corrected chi connectivity index (χ2v) is 6.34. The van der Waals surface area contributed by atoms with Crippen molar-refractivity contribution in [1.82, 2.24) is 0 Å². The predicted molar refractivity (Wildman–Crippen MR) is 112 cm³/mol. The highest BCUT2D eigenvalue weighted by atomic mass is 19.4. The smallest absolute Gasteiger partial charge is 0.416 e. The highest BCUT2D eigenvalue weighted by molar-refractivity contribution is 6.09.